The molecule has 10 aromatic rings. The Bertz CT molecular complexity index is 2850. The Morgan fingerprint density at radius 1 is 0.340 bits per heavy atom. The van der Waals surface area contributed by atoms with E-state index in [2.05, 4.69) is 193 Å². The van der Waals surface area contributed by atoms with Crippen molar-refractivity contribution in [3.63, 3.8) is 0 Å². The van der Waals surface area contributed by atoms with Gasteiger partial charge in [-0.3, -0.25) is 0 Å². The number of para-hydroxylation sites is 1. The molecule has 0 atom stereocenters. The lowest BCUT2D eigenvalue weighted by Crippen LogP contribution is -2.09. The van der Waals surface area contributed by atoms with Crippen LogP contribution in [0.2, 0.25) is 0 Å². The Morgan fingerprint density at radius 2 is 0.920 bits per heavy atom. The normalized spacial score (nSPS) is 11.6. The molecule has 0 amide bonds. The van der Waals surface area contributed by atoms with Crippen LogP contribution in [0.3, 0.4) is 0 Å². The van der Waals surface area contributed by atoms with Crippen molar-refractivity contribution >= 4 is 71.3 Å². The summed E-state index contributed by atoms with van der Waals surface area (Å²) in [5.74, 6) is 0. The Kier molecular flexibility index (Phi) is 6.53. The molecule has 0 aliphatic rings. The zero-order valence-corrected chi connectivity index (χ0v) is 27.3. The molecule has 0 spiro atoms. The van der Waals surface area contributed by atoms with Crippen LogP contribution in [0.5, 0.6) is 0 Å². The zero-order valence-electron chi connectivity index (χ0n) is 27.3. The average Bonchev–Trinajstić information content (AvgIpc) is 3.59. The highest BCUT2D eigenvalue weighted by Crippen LogP contribution is 2.42. The van der Waals surface area contributed by atoms with Crippen molar-refractivity contribution in [2.45, 2.75) is 0 Å². The van der Waals surface area contributed by atoms with Gasteiger partial charge in [0.2, 0.25) is 0 Å². The van der Waals surface area contributed by atoms with Gasteiger partial charge in [0.05, 0.1) is 0 Å². The predicted octanol–water partition coefficient (Wildman–Crippen LogP) is 13.8. The summed E-state index contributed by atoms with van der Waals surface area (Å²) in [6.45, 7) is 0. The summed E-state index contributed by atoms with van der Waals surface area (Å²) in [5, 5.41) is 9.70. The molecule has 9 aromatic carbocycles. The highest BCUT2D eigenvalue weighted by molar-refractivity contribution is 6.19. The molecule has 1 heterocycles. The summed E-state index contributed by atoms with van der Waals surface area (Å²) >= 11 is 0. The Morgan fingerprint density at radius 3 is 1.66 bits per heavy atom. The summed E-state index contributed by atoms with van der Waals surface area (Å²) < 4.78 is 6.48. The molecule has 0 N–H and O–H groups in total. The van der Waals surface area contributed by atoms with Crippen LogP contribution in [-0.4, -0.2) is 0 Å². The first kappa shape index (κ1) is 28.4. The molecular weight excluding hydrogens is 607 g/mol. The van der Waals surface area contributed by atoms with E-state index in [1.165, 1.54) is 43.6 Å². The quantitative estimate of drug-likeness (QED) is 0.175. The molecule has 0 aliphatic heterocycles. The second kappa shape index (κ2) is 11.5. The van der Waals surface area contributed by atoms with E-state index in [0.717, 1.165) is 50.0 Å². The molecule has 234 valence electrons. The summed E-state index contributed by atoms with van der Waals surface area (Å²) in [4.78, 5) is 2.33. The van der Waals surface area contributed by atoms with E-state index in [1.54, 1.807) is 0 Å². The van der Waals surface area contributed by atoms with Crippen LogP contribution in [0.1, 0.15) is 0 Å². The third kappa shape index (κ3) is 4.57. The van der Waals surface area contributed by atoms with Gasteiger partial charge in [0.15, 0.2) is 0 Å². The van der Waals surface area contributed by atoms with E-state index in [4.69, 9.17) is 4.42 Å². The van der Waals surface area contributed by atoms with Gasteiger partial charge in [-0.15, -0.1) is 0 Å². The molecule has 0 unspecified atom stereocenters. The molecule has 1 aromatic heterocycles. The van der Waals surface area contributed by atoms with E-state index >= 15 is 0 Å². The van der Waals surface area contributed by atoms with E-state index in [0.29, 0.717) is 0 Å². The van der Waals surface area contributed by atoms with Crippen LogP contribution in [0.15, 0.2) is 192 Å². The number of fused-ring (bicyclic) bond motifs is 8. The lowest BCUT2D eigenvalue weighted by atomic mass is 9.93. The third-order valence-electron chi connectivity index (χ3n) is 10.0. The minimum Gasteiger partial charge on any atom is -0.455 e. The number of rotatable bonds is 5. The van der Waals surface area contributed by atoms with Gasteiger partial charge in [-0.2, -0.15) is 0 Å². The maximum absolute atomic E-state index is 6.48. The van der Waals surface area contributed by atoms with Gasteiger partial charge >= 0.3 is 0 Å². The number of anilines is 3. The van der Waals surface area contributed by atoms with Gasteiger partial charge in [-0.25, -0.2) is 0 Å². The molecule has 0 radical (unpaired) electrons. The fourth-order valence-corrected chi connectivity index (χ4v) is 7.69. The second-order valence-corrected chi connectivity index (χ2v) is 12.9. The molecule has 50 heavy (non-hydrogen) atoms. The van der Waals surface area contributed by atoms with Crippen molar-refractivity contribution in [2.75, 3.05) is 4.90 Å². The summed E-state index contributed by atoms with van der Waals surface area (Å²) in [6, 6.07) is 67.4. The summed E-state index contributed by atoms with van der Waals surface area (Å²) in [6.07, 6.45) is 0. The van der Waals surface area contributed by atoms with Crippen molar-refractivity contribution in [2.24, 2.45) is 0 Å². The lowest BCUT2D eigenvalue weighted by Gasteiger charge is -2.26. The first-order valence-electron chi connectivity index (χ1n) is 17.1. The van der Waals surface area contributed by atoms with E-state index in [9.17, 15) is 0 Å². The largest absolute Gasteiger partial charge is 0.455 e. The molecule has 2 heteroatoms. The SMILES string of the molecule is c1ccc(N(c2ccc(-c3cc4ccccc4c4ccccc34)cc2)c2ccc(-c3cccc4oc5c6ccccc6ccc5c34)cc2)cc1. The molecule has 0 saturated carbocycles. The number of nitrogens with zero attached hydrogens (tertiary/aromatic N) is 1. The maximum atomic E-state index is 6.48. The topological polar surface area (TPSA) is 16.4 Å². The minimum absolute atomic E-state index is 0.906. The van der Waals surface area contributed by atoms with Gasteiger partial charge in [0, 0.05) is 33.2 Å². The molecule has 0 saturated heterocycles. The maximum Gasteiger partial charge on any atom is 0.143 e. The van der Waals surface area contributed by atoms with Crippen molar-refractivity contribution in [3.05, 3.63) is 188 Å². The van der Waals surface area contributed by atoms with Crippen LogP contribution >= 0.6 is 0 Å². The van der Waals surface area contributed by atoms with Crippen LogP contribution < -0.4 is 4.90 Å². The monoisotopic (exact) mass is 637 g/mol. The summed E-state index contributed by atoms with van der Waals surface area (Å²) in [5.41, 5.74) is 9.93. The Balaban J connectivity index is 1.06. The van der Waals surface area contributed by atoms with Gasteiger partial charge in [-0.05, 0) is 104 Å². The number of benzene rings is 9. The molecule has 0 bridgehead atoms. The third-order valence-corrected chi connectivity index (χ3v) is 10.0. The average molecular weight is 638 g/mol. The van der Waals surface area contributed by atoms with Crippen molar-refractivity contribution in [3.8, 4) is 22.3 Å². The second-order valence-electron chi connectivity index (χ2n) is 12.9. The Hall–Kier alpha value is -6.64. The zero-order chi connectivity index (χ0) is 33.0. The molecular formula is C48H31NO. The van der Waals surface area contributed by atoms with Crippen LogP contribution in [0, 0.1) is 0 Å². The fourth-order valence-electron chi connectivity index (χ4n) is 7.69. The molecule has 10 rings (SSSR count). The van der Waals surface area contributed by atoms with Crippen LogP contribution in [-0.2, 0) is 0 Å². The van der Waals surface area contributed by atoms with Crippen molar-refractivity contribution in [1.82, 2.24) is 0 Å². The minimum atomic E-state index is 0.906. The standard InChI is InChI=1S/C48H31NO/c1-2-13-36(14-3-1)49(38-28-23-34(24-29-38)45-31-35-12-5-6-15-39(35)42-17-8-9-18-43(42)45)37-26-21-33(22-27-37)40-19-10-20-46-47(40)44-30-25-32-11-4-7-16-41(32)48(44)50-46/h1-31H. The number of furan rings is 1. The first-order chi connectivity index (χ1) is 24.8. The van der Waals surface area contributed by atoms with E-state index in [-0.39, 0.29) is 0 Å². The van der Waals surface area contributed by atoms with Gasteiger partial charge in [0.1, 0.15) is 11.2 Å². The lowest BCUT2D eigenvalue weighted by molar-refractivity contribution is 0.673. The highest BCUT2D eigenvalue weighted by Gasteiger charge is 2.17. The molecule has 0 aliphatic carbocycles. The van der Waals surface area contributed by atoms with Gasteiger partial charge in [-0.1, -0.05) is 133 Å². The van der Waals surface area contributed by atoms with Crippen molar-refractivity contribution in [1.29, 1.82) is 0 Å². The predicted molar refractivity (Wildman–Crippen MR) is 212 cm³/mol. The fraction of sp³-hybridized carbons (Fsp3) is 0. The van der Waals surface area contributed by atoms with Gasteiger partial charge in [0.25, 0.3) is 0 Å². The summed E-state index contributed by atoms with van der Waals surface area (Å²) in [7, 11) is 0. The van der Waals surface area contributed by atoms with Crippen LogP contribution in [0.25, 0.3) is 76.5 Å². The van der Waals surface area contributed by atoms with E-state index in [1.807, 2.05) is 0 Å². The first-order valence-corrected chi connectivity index (χ1v) is 17.1. The van der Waals surface area contributed by atoms with Crippen LogP contribution in [0.4, 0.5) is 17.1 Å². The molecule has 0 fully saturated rings. The number of hydrogen-bond acceptors (Lipinski definition) is 2. The Labute approximate surface area is 290 Å². The smallest absolute Gasteiger partial charge is 0.143 e. The number of hydrogen-bond donors (Lipinski definition) is 0. The van der Waals surface area contributed by atoms with E-state index < -0.39 is 0 Å². The highest BCUT2D eigenvalue weighted by atomic mass is 16.3. The van der Waals surface area contributed by atoms with Crippen molar-refractivity contribution < 1.29 is 4.42 Å². The molecule has 2 nitrogen and oxygen atoms in total. The van der Waals surface area contributed by atoms with Gasteiger partial charge < -0.3 is 9.32 Å².